The minimum Gasteiger partial charge on any atom is -0.423 e. The predicted molar refractivity (Wildman–Crippen MR) is 87.1 cm³/mol. The lowest BCUT2D eigenvalue weighted by Crippen LogP contribution is -2.23. The largest absolute Gasteiger partial charge is 0.423 e. The van der Waals surface area contributed by atoms with Crippen molar-refractivity contribution in [1.82, 2.24) is 0 Å². The number of carbonyl (C=O) groups is 2. The Labute approximate surface area is 136 Å². The molecule has 1 amide bonds. The molecule has 0 aliphatic carbocycles. The Hall–Kier alpha value is -2.14. The van der Waals surface area contributed by atoms with Crippen molar-refractivity contribution >= 4 is 33.5 Å². The summed E-state index contributed by atoms with van der Waals surface area (Å²) in [5.74, 6) is 0.173. The summed E-state index contributed by atoms with van der Waals surface area (Å²) in [7, 11) is 0. The smallest absolute Gasteiger partial charge is 0.344 e. The van der Waals surface area contributed by atoms with Gasteiger partial charge in [0.25, 0.3) is 0 Å². The molecule has 4 nitrogen and oxygen atoms in total. The van der Waals surface area contributed by atoms with E-state index in [0.29, 0.717) is 22.2 Å². The first-order valence-electron chi connectivity index (χ1n) is 7.02. The van der Waals surface area contributed by atoms with Crippen molar-refractivity contribution < 1.29 is 14.3 Å². The number of esters is 1. The van der Waals surface area contributed by atoms with Crippen LogP contribution in [0.1, 0.15) is 23.2 Å². The molecule has 0 saturated carbocycles. The Balaban J connectivity index is 1.72. The fraction of sp³-hybridized carbons (Fsp3) is 0.176. The first-order chi connectivity index (χ1) is 10.6. The van der Waals surface area contributed by atoms with Crippen LogP contribution in [0.3, 0.4) is 0 Å². The molecule has 0 aromatic heterocycles. The molecule has 0 radical (unpaired) electrons. The Morgan fingerprint density at radius 1 is 1.09 bits per heavy atom. The molecule has 112 valence electrons. The van der Waals surface area contributed by atoms with E-state index >= 15 is 0 Å². The van der Waals surface area contributed by atoms with Crippen LogP contribution in [0.5, 0.6) is 5.75 Å². The summed E-state index contributed by atoms with van der Waals surface area (Å²) in [5, 5.41) is 0. The number of hydrogen-bond acceptors (Lipinski definition) is 3. The van der Waals surface area contributed by atoms with E-state index in [4.69, 9.17) is 4.74 Å². The van der Waals surface area contributed by atoms with Gasteiger partial charge in [0.05, 0.1) is 5.56 Å². The van der Waals surface area contributed by atoms with Gasteiger partial charge in [0, 0.05) is 23.1 Å². The topological polar surface area (TPSA) is 46.6 Å². The van der Waals surface area contributed by atoms with Crippen molar-refractivity contribution in [1.29, 1.82) is 0 Å². The number of anilines is 1. The second-order valence-corrected chi connectivity index (χ2v) is 5.87. The average molecular weight is 360 g/mol. The van der Waals surface area contributed by atoms with Gasteiger partial charge in [-0.25, -0.2) is 4.79 Å². The molecule has 0 atom stereocenters. The molecule has 1 aliphatic rings. The maximum absolute atomic E-state index is 12.1. The predicted octanol–water partition coefficient (Wildman–Crippen LogP) is 3.80. The monoisotopic (exact) mass is 359 g/mol. The average Bonchev–Trinajstić information content (AvgIpc) is 2.94. The van der Waals surface area contributed by atoms with Gasteiger partial charge in [-0.15, -0.1) is 0 Å². The van der Waals surface area contributed by atoms with Crippen molar-refractivity contribution in [2.75, 3.05) is 11.4 Å². The summed E-state index contributed by atoms with van der Waals surface area (Å²) in [6, 6.07) is 14.1. The van der Waals surface area contributed by atoms with E-state index in [1.807, 2.05) is 6.07 Å². The molecule has 2 aromatic carbocycles. The lowest BCUT2D eigenvalue weighted by Gasteiger charge is -2.15. The minimum absolute atomic E-state index is 0.137. The lowest BCUT2D eigenvalue weighted by atomic mass is 10.2. The maximum atomic E-state index is 12.1. The molecule has 0 spiro atoms. The quantitative estimate of drug-likeness (QED) is 0.618. The molecule has 1 saturated heterocycles. The first kappa shape index (κ1) is 14.8. The summed E-state index contributed by atoms with van der Waals surface area (Å²) < 4.78 is 6.05. The van der Waals surface area contributed by atoms with Crippen LogP contribution in [0.2, 0.25) is 0 Å². The van der Waals surface area contributed by atoms with Gasteiger partial charge < -0.3 is 9.64 Å². The second-order valence-electron chi connectivity index (χ2n) is 5.01. The zero-order chi connectivity index (χ0) is 15.5. The third-order valence-electron chi connectivity index (χ3n) is 3.53. The number of carbonyl (C=O) groups excluding carboxylic acids is 2. The van der Waals surface area contributed by atoms with E-state index in [2.05, 4.69) is 15.9 Å². The normalized spacial score (nSPS) is 14.2. The Morgan fingerprint density at radius 2 is 1.82 bits per heavy atom. The second kappa shape index (κ2) is 6.32. The van der Waals surface area contributed by atoms with Crippen molar-refractivity contribution in [2.24, 2.45) is 0 Å². The van der Waals surface area contributed by atoms with Crippen molar-refractivity contribution in [2.45, 2.75) is 12.8 Å². The molecule has 1 fully saturated rings. The molecule has 2 aromatic rings. The van der Waals surface area contributed by atoms with Crippen molar-refractivity contribution in [3.63, 3.8) is 0 Å². The number of rotatable bonds is 3. The molecule has 1 heterocycles. The van der Waals surface area contributed by atoms with Gasteiger partial charge in [-0.2, -0.15) is 0 Å². The van der Waals surface area contributed by atoms with Crippen LogP contribution < -0.4 is 9.64 Å². The Kier molecular flexibility index (Phi) is 4.24. The molecule has 1 aliphatic heterocycles. The molecule has 0 bridgehead atoms. The highest BCUT2D eigenvalue weighted by Crippen LogP contribution is 2.25. The third kappa shape index (κ3) is 3.04. The summed E-state index contributed by atoms with van der Waals surface area (Å²) in [6.07, 6.45) is 1.48. The van der Waals surface area contributed by atoms with Crippen molar-refractivity contribution in [3.8, 4) is 5.75 Å². The van der Waals surface area contributed by atoms with E-state index in [-0.39, 0.29) is 5.91 Å². The zero-order valence-electron chi connectivity index (χ0n) is 11.8. The Morgan fingerprint density at radius 3 is 2.45 bits per heavy atom. The van der Waals surface area contributed by atoms with Gasteiger partial charge in [0.2, 0.25) is 5.91 Å². The number of benzene rings is 2. The molecular formula is C17H14BrNO3. The molecule has 5 heteroatoms. The highest BCUT2D eigenvalue weighted by atomic mass is 79.9. The fourth-order valence-corrected chi connectivity index (χ4v) is 2.85. The van der Waals surface area contributed by atoms with Gasteiger partial charge in [0.15, 0.2) is 0 Å². The van der Waals surface area contributed by atoms with Crippen LogP contribution in [-0.2, 0) is 4.79 Å². The number of halogens is 1. The zero-order valence-corrected chi connectivity index (χ0v) is 13.4. The standard InChI is InChI=1S/C17H14BrNO3/c18-15-5-2-1-4-14(15)17(21)22-13-9-7-12(8-10-13)19-11-3-6-16(19)20/h1-2,4-5,7-10H,3,6,11H2. The first-order valence-corrected chi connectivity index (χ1v) is 7.81. The number of hydrogen-bond donors (Lipinski definition) is 0. The molecule has 0 N–H and O–H groups in total. The number of ether oxygens (including phenoxy) is 1. The van der Waals surface area contributed by atoms with E-state index in [0.717, 1.165) is 18.7 Å². The SMILES string of the molecule is O=C(Oc1ccc(N2CCCC2=O)cc1)c1ccccc1Br. The molecule has 22 heavy (non-hydrogen) atoms. The summed E-state index contributed by atoms with van der Waals surface area (Å²) in [6.45, 7) is 0.745. The van der Waals surface area contributed by atoms with Crippen LogP contribution in [0.4, 0.5) is 5.69 Å². The Bertz CT molecular complexity index is 712. The van der Waals surface area contributed by atoms with Crippen molar-refractivity contribution in [3.05, 3.63) is 58.6 Å². The van der Waals surface area contributed by atoms with Gasteiger partial charge in [-0.1, -0.05) is 12.1 Å². The van der Waals surface area contributed by atoms with Crippen LogP contribution in [-0.4, -0.2) is 18.4 Å². The van der Waals surface area contributed by atoms with E-state index < -0.39 is 5.97 Å². The lowest BCUT2D eigenvalue weighted by molar-refractivity contribution is -0.117. The number of nitrogens with zero attached hydrogens (tertiary/aromatic N) is 1. The van der Waals surface area contributed by atoms with Crippen LogP contribution in [0, 0.1) is 0 Å². The minimum atomic E-state index is -0.419. The molecule has 3 rings (SSSR count). The van der Waals surface area contributed by atoms with Crippen LogP contribution in [0.25, 0.3) is 0 Å². The van der Waals surface area contributed by atoms with Gasteiger partial charge in [-0.3, -0.25) is 4.79 Å². The van der Waals surface area contributed by atoms with Gasteiger partial charge in [-0.05, 0) is 58.7 Å². The van der Waals surface area contributed by atoms with E-state index in [1.165, 1.54) is 0 Å². The van der Waals surface area contributed by atoms with E-state index in [9.17, 15) is 9.59 Å². The summed E-state index contributed by atoms with van der Waals surface area (Å²) in [4.78, 5) is 25.6. The molecule has 0 unspecified atom stereocenters. The molecular weight excluding hydrogens is 346 g/mol. The maximum Gasteiger partial charge on any atom is 0.344 e. The van der Waals surface area contributed by atoms with Crippen LogP contribution >= 0.6 is 15.9 Å². The van der Waals surface area contributed by atoms with Crippen LogP contribution in [0.15, 0.2) is 53.0 Å². The highest BCUT2D eigenvalue weighted by molar-refractivity contribution is 9.10. The highest BCUT2D eigenvalue weighted by Gasteiger charge is 2.21. The van der Waals surface area contributed by atoms with E-state index in [1.54, 1.807) is 47.4 Å². The van der Waals surface area contributed by atoms with Gasteiger partial charge >= 0.3 is 5.97 Å². The third-order valence-corrected chi connectivity index (χ3v) is 4.22. The summed E-state index contributed by atoms with van der Waals surface area (Å²) >= 11 is 3.33. The van der Waals surface area contributed by atoms with Gasteiger partial charge in [0.1, 0.15) is 5.75 Å². The summed E-state index contributed by atoms with van der Waals surface area (Å²) in [5.41, 5.74) is 1.31. The fourth-order valence-electron chi connectivity index (χ4n) is 2.40. The number of amides is 1.